The van der Waals surface area contributed by atoms with Crippen LogP contribution in [0.4, 0.5) is 4.79 Å². The molecule has 92 valence electrons. The normalized spacial score (nSPS) is 19.1. The van der Waals surface area contributed by atoms with Gasteiger partial charge in [-0.1, -0.05) is 17.7 Å². The molecule has 1 aliphatic heterocycles. The van der Waals surface area contributed by atoms with E-state index in [0.717, 1.165) is 5.56 Å². The van der Waals surface area contributed by atoms with Crippen LogP contribution in [0.1, 0.15) is 18.4 Å². The van der Waals surface area contributed by atoms with Gasteiger partial charge in [0.05, 0.1) is 0 Å². The van der Waals surface area contributed by atoms with E-state index in [-0.39, 0.29) is 0 Å². The molecule has 0 aromatic carbocycles. The first kappa shape index (κ1) is 12.1. The van der Waals surface area contributed by atoms with E-state index in [2.05, 4.69) is 4.98 Å². The van der Waals surface area contributed by atoms with Gasteiger partial charge >= 0.3 is 6.09 Å². The molecule has 1 fully saturated rings. The number of likely N-dealkylation sites (tertiary alicyclic amines) is 1. The second-order valence-electron chi connectivity index (χ2n) is 4.30. The maximum atomic E-state index is 10.8. The number of rotatable bonds is 1. The molecule has 6 heteroatoms. The summed E-state index contributed by atoms with van der Waals surface area (Å²) < 4.78 is 0. The second-order valence-corrected chi connectivity index (χ2v) is 4.68. The van der Waals surface area contributed by atoms with Crippen LogP contribution in [0, 0.1) is 0 Å². The van der Waals surface area contributed by atoms with Crippen LogP contribution in [0.25, 0.3) is 0 Å². The van der Waals surface area contributed by atoms with Gasteiger partial charge in [-0.3, -0.25) is 0 Å². The fourth-order valence-electron chi connectivity index (χ4n) is 2.06. The van der Waals surface area contributed by atoms with Gasteiger partial charge in [0, 0.05) is 24.8 Å². The predicted octanol–water partition coefficient (Wildman–Crippen LogP) is 1.66. The molecule has 0 saturated carbocycles. The molecule has 1 aliphatic rings. The Morgan fingerprint density at radius 3 is 2.59 bits per heavy atom. The van der Waals surface area contributed by atoms with Crippen LogP contribution in [0.5, 0.6) is 0 Å². The molecule has 0 unspecified atom stereocenters. The second kappa shape index (κ2) is 4.50. The van der Waals surface area contributed by atoms with E-state index in [1.165, 1.54) is 4.90 Å². The first-order valence-electron chi connectivity index (χ1n) is 5.40. The summed E-state index contributed by atoms with van der Waals surface area (Å²) in [6.45, 7) is 0.906. The largest absolute Gasteiger partial charge is 0.465 e. The third-order valence-electron chi connectivity index (χ3n) is 3.23. The van der Waals surface area contributed by atoms with Crippen molar-refractivity contribution in [3.63, 3.8) is 0 Å². The maximum Gasteiger partial charge on any atom is 0.407 e. The van der Waals surface area contributed by atoms with Gasteiger partial charge < -0.3 is 15.7 Å². The maximum absolute atomic E-state index is 10.8. The Balaban J connectivity index is 2.11. The summed E-state index contributed by atoms with van der Waals surface area (Å²) in [6.07, 6.45) is 1.98. The summed E-state index contributed by atoms with van der Waals surface area (Å²) in [6, 6.07) is 3.56. The molecule has 17 heavy (non-hydrogen) atoms. The number of pyridine rings is 1. The zero-order valence-corrected chi connectivity index (χ0v) is 10.0. The summed E-state index contributed by atoms with van der Waals surface area (Å²) >= 11 is 5.72. The van der Waals surface area contributed by atoms with E-state index in [9.17, 15) is 4.79 Å². The number of amides is 1. The average molecular weight is 256 g/mol. The van der Waals surface area contributed by atoms with Crippen LogP contribution in [-0.2, 0) is 5.54 Å². The summed E-state index contributed by atoms with van der Waals surface area (Å²) in [7, 11) is 0. The molecular formula is C11H14ClN3O2. The minimum Gasteiger partial charge on any atom is -0.465 e. The molecule has 1 amide bonds. The number of halogens is 1. The number of hydrogen-bond acceptors (Lipinski definition) is 3. The van der Waals surface area contributed by atoms with Gasteiger partial charge in [-0.2, -0.15) is 0 Å². The van der Waals surface area contributed by atoms with Crippen LogP contribution >= 0.6 is 11.6 Å². The summed E-state index contributed by atoms with van der Waals surface area (Å²) in [5.41, 5.74) is 6.70. The first-order valence-corrected chi connectivity index (χ1v) is 5.78. The fraction of sp³-hybridized carbons (Fsp3) is 0.455. The number of hydrogen-bond donors (Lipinski definition) is 2. The molecule has 2 rings (SSSR count). The lowest BCUT2D eigenvalue weighted by atomic mass is 9.83. The lowest BCUT2D eigenvalue weighted by molar-refractivity contribution is 0.117. The van der Waals surface area contributed by atoms with Crippen molar-refractivity contribution in [2.75, 3.05) is 13.1 Å². The van der Waals surface area contributed by atoms with Gasteiger partial charge in [-0.25, -0.2) is 9.78 Å². The lowest BCUT2D eigenvalue weighted by Gasteiger charge is -2.38. The van der Waals surface area contributed by atoms with Crippen molar-refractivity contribution in [1.29, 1.82) is 0 Å². The molecule has 0 aliphatic carbocycles. The zero-order chi connectivity index (χ0) is 12.5. The van der Waals surface area contributed by atoms with E-state index in [1.807, 2.05) is 6.07 Å². The van der Waals surface area contributed by atoms with Gasteiger partial charge in [0.1, 0.15) is 5.15 Å². The van der Waals surface area contributed by atoms with Crippen molar-refractivity contribution in [3.05, 3.63) is 29.0 Å². The van der Waals surface area contributed by atoms with Crippen LogP contribution in [-0.4, -0.2) is 34.2 Å². The standard InChI is InChI=1S/C11H14ClN3O2/c12-9-2-1-8(7-14-9)11(13)3-5-15(6-4-11)10(16)17/h1-2,7H,3-6,13H2,(H,16,17). The lowest BCUT2D eigenvalue weighted by Crippen LogP contribution is -2.49. The van der Waals surface area contributed by atoms with Crippen LogP contribution in [0.15, 0.2) is 18.3 Å². The molecular weight excluding hydrogens is 242 g/mol. The molecule has 0 bridgehead atoms. The van der Waals surface area contributed by atoms with Gasteiger partial charge in [0.15, 0.2) is 0 Å². The number of aromatic nitrogens is 1. The Kier molecular flexibility index (Phi) is 3.22. The summed E-state index contributed by atoms with van der Waals surface area (Å²) in [4.78, 5) is 16.2. The molecule has 0 atom stereocenters. The van der Waals surface area contributed by atoms with Crippen LogP contribution in [0.3, 0.4) is 0 Å². The quantitative estimate of drug-likeness (QED) is 0.748. The molecule has 3 N–H and O–H groups in total. The highest BCUT2D eigenvalue weighted by atomic mass is 35.5. The zero-order valence-electron chi connectivity index (χ0n) is 9.27. The number of nitrogens with two attached hydrogens (primary N) is 1. The Morgan fingerprint density at radius 2 is 2.12 bits per heavy atom. The van der Waals surface area contributed by atoms with E-state index in [4.69, 9.17) is 22.4 Å². The summed E-state index contributed by atoms with van der Waals surface area (Å²) in [5, 5.41) is 9.30. The van der Waals surface area contributed by atoms with Gasteiger partial charge in [-0.15, -0.1) is 0 Å². The minimum atomic E-state index is -0.888. The topological polar surface area (TPSA) is 79.5 Å². The number of nitrogens with zero attached hydrogens (tertiary/aromatic N) is 2. The van der Waals surface area contributed by atoms with Crippen LogP contribution in [0.2, 0.25) is 5.15 Å². The highest BCUT2D eigenvalue weighted by molar-refractivity contribution is 6.29. The Labute approximate surface area is 104 Å². The van der Waals surface area contributed by atoms with Crippen molar-refractivity contribution in [2.45, 2.75) is 18.4 Å². The van der Waals surface area contributed by atoms with Crippen molar-refractivity contribution in [1.82, 2.24) is 9.88 Å². The molecule has 1 aromatic heterocycles. The van der Waals surface area contributed by atoms with Crippen molar-refractivity contribution >= 4 is 17.7 Å². The molecule has 1 aromatic rings. The highest BCUT2D eigenvalue weighted by Crippen LogP contribution is 2.30. The minimum absolute atomic E-state index is 0.431. The van der Waals surface area contributed by atoms with E-state index in [1.54, 1.807) is 12.3 Å². The smallest absolute Gasteiger partial charge is 0.407 e. The number of carbonyl (C=O) groups is 1. The van der Waals surface area contributed by atoms with E-state index < -0.39 is 11.6 Å². The molecule has 5 nitrogen and oxygen atoms in total. The monoisotopic (exact) mass is 255 g/mol. The average Bonchev–Trinajstić information content (AvgIpc) is 2.30. The van der Waals surface area contributed by atoms with E-state index in [0.29, 0.717) is 31.1 Å². The third-order valence-corrected chi connectivity index (χ3v) is 3.45. The fourth-order valence-corrected chi connectivity index (χ4v) is 2.17. The Bertz CT molecular complexity index is 413. The first-order chi connectivity index (χ1) is 8.01. The summed E-state index contributed by atoms with van der Waals surface area (Å²) in [5.74, 6) is 0. The van der Waals surface area contributed by atoms with Gasteiger partial charge in [0.2, 0.25) is 0 Å². The Morgan fingerprint density at radius 1 is 1.47 bits per heavy atom. The molecule has 1 saturated heterocycles. The third kappa shape index (κ3) is 2.50. The van der Waals surface area contributed by atoms with Gasteiger partial charge in [0.25, 0.3) is 0 Å². The number of carboxylic acid groups (broad SMARTS) is 1. The Hall–Kier alpha value is -1.33. The molecule has 0 radical (unpaired) electrons. The van der Waals surface area contributed by atoms with Crippen molar-refractivity contribution < 1.29 is 9.90 Å². The van der Waals surface area contributed by atoms with Crippen molar-refractivity contribution in [2.24, 2.45) is 5.73 Å². The van der Waals surface area contributed by atoms with E-state index >= 15 is 0 Å². The molecule has 0 spiro atoms. The number of piperidine rings is 1. The van der Waals surface area contributed by atoms with Crippen molar-refractivity contribution in [3.8, 4) is 0 Å². The molecule has 2 heterocycles. The van der Waals surface area contributed by atoms with Gasteiger partial charge in [-0.05, 0) is 24.5 Å². The SMILES string of the molecule is NC1(c2ccc(Cl)nc2)CCN(C(=O)O)CC1. The predicted molar refractivity (Wildman–Crippen MR) is 63.9 cm³/mol. The highest BCUT2D eigenvalue weighted by Gasteiger charge is 2.34. The van der Waals surface area contributed by atoms with Crippen LogP contribution < -0.4 is 5.73 Å².